The van der Waals surface area contributed by atoms with Gasteiger partial charge in [0, 0.05) is 0 Å². The van der Waals surface area contributed by atoms with E-state index in [1.54, 1.807) is 34.4 Å². The topological polar surface area (TPSA) is 26.3 Å². The normalized spacial score (nSPS) is 12.2. The molecule has 0 aliphatic carbocycles. The van der Waals surface area contributed by atoms with Gasteiger partial charge in [-0.3, -0.25) is 0 Å². The Morgan fingerprint density at radius 2 is 1.92 bits per heavy atom. The van der Waals surface area contributed by atoms with Crippen molar-refractivity contribution >= 4 is 28.3 Å². The molecule has 0 amide bonds. The van der Waals surface area contributed by atoms with Crippen LogP contribution in [-0.4, -0.2) is 35.4 Å². The third kappa shape index (κ3) is 2.72. The van der Waals surface area contributed by atoms with Crippen molar-refractivity contribution in [3.05, 3.63) is 35.4 Å². The summed E-state index contributed by atoms with van der Waals surface area (Å²) >= 11 is 1.76. The van der Waals surface area contributed by atoms with Crippen LogP contribution in [0.1, 0.15) is 26.8 Å². The van der Waals surface area contributed by atoms with Crippen LogP contribution in [-0.2, 0) is 4.74 Å². The van der Waals surface area contributed by atoms with Crippen LogP contribution in [0.5, 0.6) is 0 Å². The molecule has 1 aromatic carbocycles. The Balaban J connectivity index is 2.87. The van der Waals surface area contributed by atoms with Crippen molar-refractivity contribution in [1.29, 1.82) is 0 Å². The molecule has 0 heterocycles. The molecule has 0 bridgehead atoms. The van der Waals surface area contributed by atoms with Crippen LogP contribution in [0, 0.1) is 0 Å². The Morgan fingerprint density at radius 3 is 2.31 bits per heavy atom. The van der Waals surface area contributed by atoms with Crippen LogP contribution in [0.15, 0.2) is 24.3 Å². The molecule has 0 radical (unpaired) electrons. The molecule has 0 N–H and O–H groups in total. The first-order valence-corrected chi connectivity index (χ1v) is 5.49. The summed E-state index contributed by atoms with van der Waals surface area (Å²) in [6.07, 6.45) is 0. The molecule has 13 heavy (non-hydrogen) atoms. The van der Waals surface area contributed by atoms with E-state index in [2.05, 4.69) is 11.7 Å². The first kappa shape index (κ1) is 10.6. The van der Waals surface area contributed by atoms with Gasteiger partial charge in [0.2, 0.25) is 0 Å². The number of carbonyl (C=O) groups excluding carboxylic acids is 1. The molecule has 0 aliphatic rings. The number of benzene rings is 1. The van der Waals surface area contributed by atoms with Crippen molar-refractivity contribution in [2.24, 2.45) is 0 Å². The molecular formula is C10H12O2Te. The minimum absolute atomic E-state index is 0.278. The van der Waals surface area contributed by atoms with E-state index < -0.39 is 0 Å². The van der Waals surface area contributed by atoms with Crippen molar-refractivity contribution in [2.45, 2.75) is 10.9 Å². The zero-order valence-corrected chi connectivity index (χ0v) is 10.2. The van der Waals surface area contributed by atoms with Gasteiger partial charge >= 0.3 is 91.2 Å². The van der Waals surface area contributed by atoms with Gasteiger partial charge < -0.3 is 0 Å². The molecule has 2 nitrogen and oxygen atoms in total. The number of rotatable bonds is 2. The summed E-state index contributed by atoms with van der Waals surface area (Å²) in [5.41, 5.74) is 1.86. The Bertz CT molecular complexity index is 290. The van der Waals surface area contributed by atoms with Gasteiger partial charge in [-0.1, -0.05) is 0 Å². The average Bonchev–Trinajstić information content (AvgIpc) is 2.17. The molecule has 0 fully saturated rings. The summed E-state index contributed by atoms with van der Waals surface area (Å²) in [6, 6.07) is 7.54. The molecule has 0 saturated carbocycles. The molecule has 0 aliphatic heterocycles. The second-order valence-corrected chi connectivity index (χ2v) is 5.00. The summed E-state index contributed by atoms with van der Waals surface area (Å²) < 4.78 is 5.14. The number of methoxy groups -OCH3 is 1. The van der Waals surface area contributed by atoms with E-state index in [4.69, 9.17) is 0 Å². The zero-order chi connectivity index (χ0) is 9.84. The maximum atomic E-state index is 11.1. The maximum absolute atomic E-state index is 11.1. The molecule has 0 saturated heterocycles. The van der Waals surface area contributed by atoms with Crippen LogP contribution in [0.25, 0.3) is 0 Å². The van der Waals surface area contributed by atoms with Crippen molar-refractivity contribution in [2.75, 3.05) is 7.11 Å². The number of ether oxygens (including phenoxy) is 1. The predicted molar refractivity (Wildman–Crippen MR) is 53.3 cm³/mol. The van der Waals surface area contributed by atoms with Gasteiger partial charge in [-0.05, 0) is 0 Å². The summed E-state index contributed by atoms with van der Waals surface area (Å²) in [5.74, 6) is -0.278. The molecular weight excluding hydrogens is 280 g/mol. The second kappa shape index (κ2) is 4.64. The Labute approximate surface area is 91.2 Å². The molecule has 70 valence electrons. The summed E-state index contributed by atoms with van der Waals surface area (Å²) in [5, 5.41) is 0. The minimum atomic E-state index is -0.278. The van der Waals surface area contributed by atoms with Gasteiger partial charge in [0.25, 0.3) is 0 Å². The quantitative estimate of drug-likeness (QED) is 0.609. The third-order valence-corrected chi connectivity index (χ3v) is 2.67. The first-order chi connectivity index (χ1) is 6.15. The molecule has 1 atom stereocenters. The van der Waals surface area contributed by atoms with Crippen molar-refractivity contribution < 1.29 is 9.53 Å². The van der Waals surface area contributed by atoms with Crippen LogP contribution in [0.2, 0.25) is 0 Å². The van der Waals surface area contributed by atoms with Crippen LogP contribution in [0.4, 0.5) is 0 Å². The fourth-order valence-electron chi connectivity index (χ4n) is 1.02. The molecule has 0 aromatic heterocycles. The van der Waals surface area contributed by atoms with Gasteiger partial charge in [-0.15, -0.1) is 0 Å². The van der Waals surface area contributed by atoms with Gasteiger partial charge in [0.05, 0.1) is 0 Å². The number of esters is 1. The average molecular weight is 292 g/mol. The van der Waals surface area contributed by atoms with Crippen molar-refractivity contribution in [3.8, 4) is 0 Å². The van der Waals surface area contributed by atoms with E-state index >= 15 is 0 Å². The number of carbonyl (C=O) groups is 1. The molecule has 1 aromatic rings. The molecule has 1 rings (SSSR count). The van der Waals surface area contributed by atoms with E-state index in [1.165, 1.54) is 12.7 Å². The van der Waals surface area contributed by atoms with E-state index in [9.17, 15) is 4.79 Å². The van der Waals surface area contributed by atoms with Crippen molar-refractivity contribution in [3.63, 3.8) is 0 Å². The van der Waals surface area contributed by atoms with E-state index in [-0.39, 0.29) is 5.97 Å². The second-order valence-electron chi connectivity index (χ2n) is 2.79. The van der Waals surface area contributed by atoms with Crippen molar-refractivity contribution in [1.82, 2.24) is 0 Å². The van der Waals surface area contributed by atoms with Crippen LogP contribution >= 0.6 is 0 Å². The molecule has 0 spiro atoms. The first-order valence-electron chi connectivity index (χ1n) is 4.01. The van der Waals surface area contributed by atoms with E-state index in [0.717, 1.165) is 0 Å². The third-order valence-electron chi connectivity index (χ3n) is 1.81. The zero-order valence-electron chi connectivity index (χ0n) is 7.65. The number of hydrogen-bond acceptors (Lipinski definition) is 2. The SMILES string of the molecule is COC(=O)c1ccc(C(C)[TeH])cc1. The molecule has 1 unspecified atom stereocenters. The predicted octanol–water partition coefficient (Wildman–Crippen LogP) is 1.43. The van der Waals surface area contributed by atoms with E-state index in [1.807, 2.05) is 12.1 Å². The fourth-order valence-corrected chi connectivity index (χ4v) is 1.51. The van der Waals surface area contributed by atoms with Crippen LogP contribution < -0.4 is 0 Å². The molecule has 3 heteroatoms. The van der Waals surface area contributed by atoms with Crippen LogP contribution in [0.3, 0.4) is 0 Å². The summed E-state index contributed by atoms with van der Waals surface area (Å²) in [6.45, 7) is 2.14. The van der Waals surface area contributed by atoms with Gasteiger partial charge in [0.15, 0.2) is 0 Å². The number of hydrogen-bond donors (Lipinski definition) is 0. The standard InChI is InChI=1S/C10H12O2Te/c1-7(13)8-3-5-9(6-4-8)10(11)12-2/h3-7,13H,1-2H3. The van der Waals surface area contributed by atoms with Gasteiger partial charge in [-0.25, -0.2) is 0 Å². The Hall–Kier alpha value is -0.520. The fraction of sp³-hybridized carbons (Fsp3) is 0.300. The van der Waals surface area contributed by atoms with Gasteiger partial charge in [0.1, 0.15) is 0 Å². The summed E-state index contributed by atoms with van der Waals surface area (Å²) in [7, 11) is 1.39. The Morgan fingerprint density at radius 1 is 1.38 bits per heavy atom. The monoisotopic (exact) mass is 294 g/mol. The van der Waals surface area contributed by atoms with E-state index in [0.29, 0.717) is 9.53 Å². The Kier molecular flexibility index (Phi) is 3.77. The van der Waals surface area contributed by atoms with Gasteiger partial charge in [-0.2, -0.15) is 0 Å². The summed E-state index contributed by atoms with van der Waals surface area (Å²) in [4.78, 5) is 11.1.